The van der Waals surface area contributed by atoms with Crippen LogP contribution in [-0.4, -0.2) is 5.78 Å². The number of fused-ring (bicyclic) bond motifs is 1. The topological polar surface area (TPSA) is 17.1 Å². The molecule has 0 spiro atoms. The summed E-state index contributed by atoms with van der Waals surface area (Å²) in [6.45, 7) is 0. The van der Waals surface area contributed by atoms with Crippen LogP contribution in [0.3, 0.4) is 0 Å². The molecular weight excluding hydrogens is 192 g/mol. The lowest BCUT2D eigenvalue weighted by molar-refractivity contribution is -0.122. The van der Waals surface area contributed by atoms with Crippen molar-refractivity contribution in [3.05, 3.63) is 21.9 Å². The van der Waals surface area contributed by atoms with Gasteiger partial charge in [0.25, 0.3) is 0 Å². The van der Waals surface area contributed by atoms with Gasteiger partial charge in [-0.2, -0.15) is 0 Å². The van der Waals surface area contributed by atoms with Gasteiger partial charge in [0.05, 0.1) is 0 Å². The molecule has 0 radical (unpaired) electrons. The number of carbonyl (C=O) groups is 1. The van der Waals surface area contributed by atoms with Crippen molar-refractivity contribution in [1.82, 2.24) is 0 Å². The van der Waals surface area contributed by atoms with Crippen LogP contribution >= 0.6 is 11.3 Å². The van der Waals surface area contributed by atoms with Crippen LogP contribution in [0.1, 0.15) is 42.0 Å². The first-order valence-corrected chi connectivity index (χ1v) is 6.34. The molecule has 1 unspecified atom stereocenters. The zero-order valence-corrected chi connectivity index (χ0v) is 8.98. The lowest BCUT2D eigenvalue weighted by Gasteiger charge is -2.21. The van der Waals surface area contributed by atoms with Crippen LogP contribution in [0.25, 0.3) is 0 Å². The third kappa shape index (κ3) is 1.33. The zero-order chi connectivity index (χ0) is 9.54. The number of thiophene rings is 1. The van der Waals surface area contributed by atoms with E-state index >= 15 is 0 Å². The summed E-state index contributed by atoms with van der Waals surface area (Å²) in [5, 5.41) is 2.14. The van der Waals surface area contributed by atoms with Crippen molar-refractivity contribution in [2.45, 2.75) is 38.0 Å². The molecular formula is C12H14OS. The van der Waals surface area contributed by atoms with Gasteiger partial charge in [-0.05, 0) is 49.1 Å². The first-order chi connectivity index (χ1) is 6.86. The molecule has 1 fully saturated rings. The van der Waals surface area contributed by atoms with Crippen molar-refractivity contribution in [2.24, 2.45) is 5.92 Å². The van der Waals surface area contributed by atoms with E-state index in [1.165, 1.54) is 23.3 Å². The van der Waals surface area contributed by atoms with Gasteiger partial charge in [0.15, 0.2) is 0 Å². The molecule has 0 aliphatic heterocycles. The lowest BCUT2D eigenvalue weighted by Crippen LogP contribution is -2.18. The minimum absolute atomic E-state index is 0.262. The van der Waals surface area contributed by atoms with E-state index < -0.39 is 0 Å². The normalized spacial score (nSPS) is 25.9. The van der Waals surface area contributed by atoms with Gasteiger partial charge in [-0.15, -0.1) is 11.3 Å². The second-order valence-corrected chi connectivity index (χ2v) is 5.42. The van der Waals surface area contributed by atoms with Crippen LogP contribution in [0, 0.1) is 5.92 Å². The predicted octanol–water partition coefficient (Wildman–Crippen LogP) is 3.15. The Balaban J connectivity index is 1.91. The Kier molecular flexibility index (Phi) is 1.98. The molecule has 0 amide bonds. The summed E-state index contributed by atoms with van der Waals surface area (Å²) < 4.78 is 0. The summed E-state index contributed by atoms with van der Waals surface area (Å²) in [4.78, 5) is 13.5. The van der Waals surface area contributed by atoms with Crippen molar-refractivity contribution in [1.29, 1.82) is 0 Å². The minimum atomic E-state index is 0.262. The molecule has 0 bridgehead atoms. The van der Waals surface area contributed by atoms with E-state index in [0.717, 1.165) is 19.3 Å². The van der Waals surface area contributed by atoms with E-state index in [2.05, 4.69) is 11.4 Å². The standard InChI is InChI=1S/C12H14OS/c13-12(8-4-5-8)10-2-1-3-11-9(10)6-7-14-11/h6-8,10H,1-5H2. The van der Waals surface area contributed by atoms with Gasteiger partial charge in [-0.25, -0.2) is 0 Å². The molecule has 14 heavy (non-hydrogen) atoms. The van der Waals surface area contributed by atoms with Crippen molar-refractivity contribution >= 4 is 17.1 Å². The number of ketones is 1. The molecule has 0 saturated heterocycles. The van der Waals surface area contributed by atoms with Gasteiger partial charge in [0.2, 0.25) is 0 Å². The monoisotopic (exact) mass is 206 g/mol. The summed E-state index contributed by atoms with van der Waals surface area (Å²) >= 11 is 1.83. The quantitative estimate of drug-likeness (QED) is 0.726. The zero-order valence-electron chi connectivity index (χ0n) is 8.16. The van der Waals surface area contributed by atoms with Crippen LogP contribution in [0.4, 0.5) is 0 Å². The number of hydrogen-bond acceptors (Lipinski definition) is 2. The van der Waals surface area contributed by atoms with Crippen molar-refractivity contribution in [3.63, 3.8) is 0 Å². The van der Waals surface area contributed by atoms with Gasteiger partial charge in [0.1, 0.15) is 5.78 Å². The van der Waals surface area contributed by atoms with E-state index in [-0.39, 0.29) is 5.92 Å². The van der Waals surface area contributed by atoms with Crippen LogP contribution in [-0.2, 0) is 11.2 Å². The molecule has 1 nitrogen and oxygen atoms in total. The molecule has 2 aliphatic rings. The fraction of sp³-hybridized carbons (Fsp3) is 0.583. The average Bonchev–Trinajstić information content (AvgIpc) is 2.94. The minimum Gasteiger partial charge on any atom is -0.299 e. The summed E-state index contributed by atoms with van der Waals surface area (Å²) in [6.07, 6.45) is 5.79. The van der Waals surface area contributed by atoms with Crippen molar-refractivity contribution in [2.75, 3.05) is 0 Å². The molecule has 2 aliphatic carbocycles. The van der Waals surface area contributed by atoms with Crippen LogP contribution < -0.4 is 0 Å². The third-order valence-electron chi connectivity index (χ3n) is 3.38. The Morgan fingerprint density at radius 1 is 1.36 bits per heavy atom. The first-order valence-electron chi connectivity index (χ1n) is 5.46. The summed E-state index contributed by atoms with van der Waals surface area (Å²) in [5.41, 5.74) is 1.36. The molecule has 1 aromatic heterocycles. The maximum Gasteiger partial charge on any atom is 0.143 e. The number of Topliss-reactive ketones (excluding diaryl/α,β-unsaturated/α-hetero) is 1. The molecule has 1 heterocycles. The first kappa shape index (κ1) is 8.66. The van der Waals surface area contributed by atoms with Crippen LogP contribution in [0.15, 0.2) is 11.4 Å². The largest absolute Gasteiger partial charge is 0.299 e. The lowest BCUT2D eigenvalue weighted by atomic mass is 9.83. The Morgan fingerprint density at radius 2 is 2.21 bits per heavy atom. The molecule has 1 aromatic rings. The van der Waals surface area contributed by atoms with E-state index in [9.17, 15) is 4.79 Å². The smallest absolute Gasteiger partial charge is 0.143 e. The van der Waals surface area contributed by atoms with E-state index in [0.29, 0.717) is 11.7 Å². The SMILES string of the molecule is O=C(C1CC1)C1CCCc2sccc21. The van der Waals surface area contributed by atoms with E-state index in [4.69, 9.17) is 0 Å². The van der Waals surface area contributed by atoms with Crippen molar-refractivity contribution in [3.8, 4) is 0 Å². The molecule has 1 atom stereocenters. The highest BCUT2D eigenvalue weighted by Gasteiger charge is 2.37. The Bertz CT molecular complexity index is 362. The van der Waals surface area contributed by atoms with E-state index in [1.807, 2.05) is 11.3 Å². The fourth-order valence-electron chi connectivity index (χ4n) is 2.43. The van der Waals surface area contributed by atoms with Gasteiger partial charge >= 0.3 is 0 Å². The second kappa shape index (κ2) is 3.20. The Hall–Kier alpha value is -0.630. The molecule has 0 N–H and O–H groups in total. The van der Waals surface area contributed by atoms with E-state index in [1.54, 1.807) is 0 Å². The van der Waals surface area contributed by atoms with Gasteiger partial charge in [-0.3, -0.25) is 4.79 Å². The highest BCUT2D eigenvalue weighted by atomic mass is 32.1. The van der Waals surface area contributed by atoms with Crippen LogP contribution in [0.2, 0.25) is 0 Å². The summed E-state index contributed by atoms with van der Waals surface area (Å²) in [6, 6.07) is 2.17. The predicted molar refractivity (Wildman–Crippen MR) is 57.7 cm³/mol. The van der Waals surface area contributed by atoms with Crippen LogP contribution in [0.5, 0.6) is 0 Å². The fourth-order valence-corrected chi connectivity index (χ4v) is 3.42. The number of aryl methyl sites for hydroxylation is 1. The maximum atomic E-state index is 12.0. The molecule has 3 rings (SSSR count). The maximum absolute atomic E-state index is 12.0. The molecule has 0 aromatic carbocycles. The van der Waals surface area contributed by atoms with Gasteiger partial charge in [0, 0.05) is 16.7 Å². The third-order valence-corrected chi connectivity index (χ3v) is 4.37. The second-order valence-electron chi connectivity index (χ2n) is 4.42. The summed E-state index contributed by atoms with van der Waals surface area (Å²) in [7, 11) is 0. The Morgan fingerprint density at radius 3 is 3.00 bits per heavy atom. The number of hydrogen-bond donors (Lipinski definition) is 0. The van der Waals surface area contributed by atoms with Crippen molar-refractivity contribution < 1.29 is 4.79 Å². The highest BCUT2D eigenvalue weighted by Crippen LogP contribution is 2.42. The molecule has 1 saturated carbocycles. The molecule has 2 heteroatoms. The average molecular weight is 206 g/mol. The van der Waals surface area contributed by atoms with Gasteiger partial charge in [-0.1, -0.05) is 0 Å². The van der Waals surface area contributed by atoms with Gasteiger partial charge < -0.3 is 0 Å². The Labute approximate surface area is 88.1 Å². The number of carbonyl (C=O) groups excluding carboxylic acids is 1. The highest BCUT2D eigenvalue weighted by molar-refractivity contribution is 7.10. The number of rotatable bonds is 2. The summed E-state index contributed by atoms with van der Waals surface area (Å²) in [5.74, 6) is 1.22. The molecule has 74 valence electrons.